The minimum absolute atomic E-state index is 0.140. The summed E-state index contributed by atoms with van der Waals surface area (Å²) in [5, 5.41) is 3.53. The summed E-state index contributed by atoms with van der Waals surface area (Å²) in [7, 11) is 1.71. The maximum absolute atomic E-state index is 5.75. The second-order valence-electron chi connectivity index (χ2n) is 5.02. The van der Waals surface area contributed by atoms with Crippen LogP contribution in [-0.2, 0) is 9.47 Å². The van der Waals surface area contributed by atoms with E-state index in [2.05, 4.69) is 31.3 Å². The molecule has 0 aliphatic carbocycles. The van der Waals surface area contributed by atoms with Gasteiger partial charge in [0.25, 0.3) is 0 Å². The highest BCUT2D eigenvalue weighted by molar-refractivity contribution is 5.39. The molecule has 0 aromatic heterocycles. The highest BCUT2D eigenvalue weighted by atomic mass is 16.5. The van der Waals surface area contributed by atoms with E-state index in [0.717, 1.165) is 30.9 Å². The lowest BCUT2D eigenvalue weighted by Gasteiger charge is -2.22. The molecular formula is C17H29NO3. The maximum Gasteiger partial charge on any atom is 0.123 e. The van der Waals surface area contributed by atoms with Crippen molar-refractivity contribution in [1.29, 1.82) is 0 Å². The van der Waals surface area contributed by atoms with Crippen LogP contribution in [-0.4, -0.2) is 40.1 Å². The van der Waals surface area contributed by atoms with Gasteiger partial charge in [0.15, 0.2) is 0 Å². The summed E-state index contributed by atoms with van der Waals surface area (Å²) >= 11 is 0. The topological polar surface area (TPSA) is 39.7 Å². The molecule has 1 aromatic carbocycles. The Morgan fingerprint density at radius 2 is 1.90 bits per heavy atom. The van der Waals surface area contributed by atoms with Crippen molar-refractivity contribution in [3.8, 4) is 5.75 Å². The zero-order valence-corrected chi connectivity index (χ0v) is 13.8. The van der Waals surface area contributed by atoms with Gasteiger partial charge in [0.1, 0.15) is 5.75 Å². The molecule has 1 rings (SSSR count). The van der Waals surface area contributed by atoms with Crippen molar-refractivity contribution in [2.75, 3.05) is 40.1 Å². The third-order valence-corrected chi connectivity index (χ3v) is 3.26. The van der Waals surface area contributed by atoms with E-state index in [-0.39, 0.29) is 6.04 Å². The molecule has 0 amide bonds. The van der Waals surface area contributed by atoms with Crippen molar-refractivity contribution in [1.82, 2.24) is 5.32 Å². The Kier molecular flexibility index (Phi) is 9.06. The van der Waals surface area contributed by atoms with Crippen LogP contribution in [0.4, 0.5) is 0 Å². The summed E-state index contributed by atoms with van der Waals surface area (Å²) in [6.45, 7) is 9.80. The molecule has 0 radical (unpaired) electrons. The lowest BCUT2D eigenvalue weighted by Crippen LogP contribution is -2.27. The van der Waals surface area contributed by atoms with E-state index in [9.17, 15) is 0 Å². The first-order valence-corrected chi connectivity index (χ1v) is 7.76. The lowest BCUT2D eigenvalue weighted by atomic mass is 10.0. The predicted molar refractivity (Wildman–Crippen MR) is 86.1 cm³/mol. The van der Waals surface area contributed by atoms with Gasteiger partial charge in [-0.05, 0) is 32.9 Å². The van der Waals surface area contributed by atoms with E-state index < -0.39 is 0 Å². The molecule has 0 aliphatic rings. The molecule has 120 valence electrons. The number of rotatable bonds is 11. The number of hydrogen-bond donors (Lipinski definition) is 1. The second kappa shape index (κ2) is 10.6. The molecule has 1 atom stereocenters. The zero-order valence-electron chi connectivity index (χ0n) is 13.8. The third kappa shape index (κ3) is 6.46. The van der Waals surface area contributed by atoms with Crippen molar-refractivity contribution in [3.63, 3.8) is 0 Å². The van der Waals surface area contributed by atoms with Gasteiger partial charge in [-0.2, -0.15) is 0 Å². The van der Waals surface area contributed by atoms with Crippen molar-refractivity contribution in [2.24, 2.45) is 0 Å². The standard InChI is InChI=1S/C17H29NO3/c1-5-9-18-16(13-21-11-10-20-6-2)15-12-14(3)7-8-17(15)19-4/h7-8,12,16,18H,5-6,9-11,13H2,1-4H3. The molecule has 0 saturated carbocycles. The van der Waals surface area contributed by atoms with Gasteiger partial charge in [0.2, 0.25) is 0 Å². The Hall–Kier alpha value is -1.10. The number of nitrogens with one attached hydrogen (secondary N) is 1. The largest absolute Gasteiger partial charge is 0.496 e. The molecule has 21 heavy (non-hydrogen) atoms. The van der Waals surface area contributed by atoms with Gasteiger partial charge in [-0.3, -0.25) is 0 Å². The lowest BCUT2D eigenvalue weighted by molar-refractivity contribution is 0.0431. The first kappa shape index (κ1) is 18.0. The van der Waals surface area contributed by atoms with Crippen molar-refractivity contribution >= 4 is 0 Å². The number of hydrogen-bond acceptors (Lipinski definition) is 4. The van der Waals surface area contributed by atoms with Gasteiger partial charge >= 0.3 is 0 Å². The van der Waals surface area contributed by atoms with Crippen LogP contribution in [0.25, 0.3) is 0 Å². The molecular weight excluding hydrogens is 266 g/mol. The maximum atomic E-state index is 5.75. The van der Waals surface area contributed by atoms with Crippen LogP contribution in [0.5, 0.6) is 5.75 Å². The molecule has 0 bridgehead atoms. The van der Waals surface area contributed by atoms with E-state index in [1.165, 1.54) is 5.56 Å². The molecule has 0 saturated heterocycles. The Balaban J connectivity index is 2.69. The Bertz CT molecular complexity index is 396. The Morgan fingerprint density at radius 3 is 2.57 bits per heavy atom. The van der Waals surface area contributed by atoms with Gasteiger partial charge in [0, 0.05) is 12.2 Å². The summed E-state index contributed by atoms with van der Waals surface area (Å²) in [5.41, 5.74) is 2.38. The molecule has 1 aromatic rings. The number of aryl methyl sites for hydroxylation is 1. The van der Waals surface area contributed by atoms with E-state index in [0.29, 0.717) is 19.8 Å². The minimum atomic E-state index is 0.140. The van der Waals surface area contributed by atoms with Gasteiger partial charge in [-0.1, -0.05) is 24.6 Å². The number of methoxy groups -OCH3 is 1. The van der Waals surface area contributed by atoms with E-state index in [1.807, 2.05) is 13.0 Å². The fourth-order valence-electron chi connectivity index (χ4n) is 2.17. The highest BCUT2D eigenvalue weighted by Crippen LogP contribution is 2.26. The molecule has 0 fully saturated rings. The fourth-order valence-corrected chi connectivity index (χ4v) is 2.17. The van der Waals surface area contributed by atoms with Crippen LogP contribution in [0.3, 0.4) is 0 Å². The zero-order chi connectivity index (χ0) is 15.5. The first-order valence-electron chi connectivity index (χ1n) is 7.76. The summed E-state index contributed by atoms with van der Waals surface area (Å²) in [4.78, 5) is 0. The van der Waals surface area contributed by atoms with Crippen molar-refractivity contribution in [3.05, 3.63) is 29.3 Å². The molecule has 0 aliphatic heterocycles. The van der Waals surface area contributed by atoms with Gasteiger partial charge in [-0.25, -0.2) is 0 Å². The quantitative estimate of drug-likeness (QED) is 0.637. The van der Waals surface area contributed by atoms with Gasteiger partial charge in [-0.15, -0.1) is 0 Å². The average Bonchev–Trinajstić information content (AvgIpc) is 2.50. The molecule has 0 heterocycles. The highest BCUT2D eigenvalue weighted by Gasteiger charge is 2.16. The Morgan fingerprint density at radius 1 is 1.14 bits per heavy atom. The average molecular weight is 295 g/mol. The molecule has 4 heteroatoms. The van der Waals surface area contributed by atoms with Gasteiger partial charge in [0.05, 0.1) is 33.0 Å². The van der Waals surface area contributed by atoms with Crippen LogP contribution in [0.15, 0.2) is 18.2 Å². The van der Waals surface area contributed by atoms with Crippen LogP contribution in [0.2, 0.25) is 0 Å². The fraction of sp³-hybridized carbons (Fsp3) is 0.647. The number of benzene rings is 1. The van der Waals surface area contributed by atoms with Crippen LogP contribution >= 0.6 is 0 Å². The third-order valence-electron chi connectivity index (χ3n) is 3.26. The summed E-state index contributed by atoms with van der Waals surface area (Å²) in [5.74, 6) is 0.905. The van der Waals surface area contributed by atoms with E-state index in [1.54, 1.807) is 7.11 Å². The van der Waals surface area contributed by atoms with Crippen molar-refractivity contribution < 1.29 is 14.2 Å². The minimum Gasteiger partial charge on any atom is -0.496 e. The normalized spacial score (nSPS) is 12.4. The second-order valence-corrected chi connectivity index (χ2v) is 5.02. The van der Waals surface area contributed by atoms with E-state index >= 15 is 0 Å². The molecule has 0 spiro atoms. The first-order chi connectivity index (χ1) is 10.2. The van der Waals surface area contributed by atoms with E-state index in [4.69, 9.17) is 14.2 Å². The number of ether oxygens (including phenoxy) is 3. The van der Waals surface area contributed by atoms with Gasteiger partial charge < -0.3 is 19.5 Å². The predicted octanol–water partition coefficient (Wildman–Crippen LogP) is 3.10. The molecule has 4 nitrogen and oxygen atoms in total. The summed E-state index contributed by atoms with van der Waals surface area (Å²) in [6.07, 6.45) is 1.09. The summed E-state index contributed by atoms with van der Waals surface area (Å²) in [6, 6.07) is 6.39. The summed E-state index contributed by atoms with van der Waals surface area (Å²) < 4.78 is 16.5. The smallest absolute Gasteiger partial charge is 0.123 e. The van der Waals surface area contributed by atoms with Crippen LogP contribution < -0.4 is 10.1 Å². The SMILES string of the molecule is CCCNC(COCCOCC)c1cc(C)ccc1OC. The Labute approximate surface area is 128 Å². The molecule has 1 unspecified atom stereocenters. The molecule has 1 N–H and O–H groups in total. The van der Waals surface area contributed by atoms with Crippen LogP contribution in [0.1, 0.15) is 37.4 Å². The van der Waals surface area contributed by atoms with Crippen LogP contribution in [0, 0.1) is 6.92 Å². The van der Waals surface area contributed by atoms with Crippen molar-refractivity contribution in [2.45, 2.75) is 33.2 Å². The monoisotopic (exact) mass is 295 g/mol.